The number of allylic oxidation sites excluding steroid dienone is 2. The molecule has 0 aliphatic carbocycles. The molecule has 0 saturated carbocycles. The van der Waals surface area contributed by atoms with Crippen LogP contribution in [0.1, 0.15) is 13.8 Å². The van der Waals surface area contributed by atoms with E-state index in [0.717, 1.165) is 6.08 Å². The first kappa shape index (κ1) is 20.5. The lowest BCUT2D eigenvalue weighted by Crippen LogP contribution is -2.31. The Kier molecular flexibility index (Phi) is 8.02. The van der Waals surface area contributed by atoms with Crippen LogP contribution in [0.5, 0.6) is 0 Å². The molecular formula is C10H20O9P2. The van der Waals surface area contributed by atoms with Crippen LogP contribution in [0.3, 0.4) is 0 Å². The molecule has 0 fully saturated rings. The van der Waals surface area contributed by atoms with Gasteiger partial charge < -0.3 is 34.5 Å². The average Bonchev–Trinajstić information content (AvgIpc) is 2.34. The summed E-state index contributed by atoms with van der Waals surface area (Å²) in [6.45, 7) is 2.24. The van der Waals surface area contributed by atoms with Crippen LogP contribution in [0, 0.1) is 0 Å². The third-order valence-corrected chi connectivity index (χ3v) is 5.88. The van der Waals surface area contributed by atoms with Crippen molar-refractivity contribution in [3.8, 4) is 0 Å². The van der Waals surface area contributed by atoms with Crippen LogP contribution in [0.15, 0.2) is 23.5 Å². The summed E-state index contributed by atoms with van der Waals surface area (Å²) in [5.74, 6) is -1.85. The summed E-state index contributed by atoms with van der Waals surface area (Å²) in [6, 6.07) is 0. The van der Waals surface area contributed by atoms with Crippen LogP contribution in [0.4, 0.5) is 0 Å². The zero-order valence-electron chi connectivity index (χ0n) is 11.5. The zero-order chi connectivity index (χ0) is 16.8. The SMILES string of the molecule is C/C=C(/COP(=O)(O)CP(=O)(O)O)[C@@H](O)[C@@H](O)/C(O)=C\C. The molecule has 124 valence electrons. The molecule has 1 unspecified atom stereocenters. The molecule has 0 radical (unpaired) electrons. The highest BCUT2D eigenvalue weighted by Crippen LogP contribution is 2.55. The molecule has 6 N–H and O–H groups in total. The predicted octanol–water partition coefficient (Wildman–Crippen LogP) is 0.454. The largest absolute Gasteiger partial charge is 0.510 e. The Hall–Kier alpha value is -0.500. The van der Waals surface area contributed by atoms with Crippen molar-refractivity contribution in [3.05, 3.63) is 23.5 Å². The van der Waals surface area contributed by atoms with Gasteiger partial charge in [0.15, 0.2) is 5.90 Å². The van der Waals surface area contributed by atoms with E-state index in [2.05, 4.69) is 4.52 Å². The first-order valence-corrected chi connectivity index (χ1v) is 9.37. The van der Waals surface area contributed by atoms with Gasteiger partial charge in [-0.25, -0.2) is 0 Å². The van der Waals surface area contributed by atoms with Gasteiger partial charge in [-0.2, -0.15) is 0 Å². The van der Waals surface area contributed by atoms with E-state index in [1.165, 1.54) is 19.9 Å². The second-order valence-corrected chi connectivity index (χ2v) is 8.18. The van der Waals surface area contributed by atoms with Crippen molar-refractivity contribution in [3.63, 3.8) is 0 Å². The monoisotopic (exact) mass is 346 g/mol. The lowest BCUT2D eigenvalue weighted by atomic mass is 10.0. The minimum absolute atomic E-state index is 0.0316. The highest BCUT2D eigenvalue weighted by molar-refractivity contribution is 7.70. The van der Waals surface area contributed by atoms with Gasteiger partial charge in [-0.3, -0.25) is 9.13 Å². The number of hydrogen-bond acceptors (Lipinski definition) is 6. The van der Waals surface area contributed by atoms with Crippen molar-refractivity contribution >= 4 is 15.2 Å². The molecule has 0 aromatic heterocycles. The third-order valence-electron chi connectivity index (χ3n) is 2.44. The van der Waals surface area contributed by atoms with Gasteiger partial charge in [0.1, 0.15) is 18.0 Å². The first-order valence-electron chi connectivity index (χ1n) is 5.81. The van der Waals surface area contributed by atoms with E-state index < -0.39 is 45.7 Å². The standard InChI is InChI=1S/C10H20O9P2/c1-3-7(9(12)10(13)8(11)4-2)5-19-21(17,18)6-20(14,15)16/h3-4,9-13H,5-6H2,1-2H3,(H,17,18)(H2,14,15,16)/b7-3-,8-4+/t9-,10+/m1/s1. The molecular weight excluding hydrogens is 326 g/mol. The van der Waals surface area contributed by atoms with Gasteiger partial charge >= 0.3 is 15.2 Å². The Bertz CT molecular complexity index is 493. The predicted molar refractivity (Wildman–Crippen MR) is 74.8 cm³/mol. The van der Waals surface area contributed by atoms with Crippen molar-refractivity contribution in [2.45, 2.75) is 26.1 Å². The summed E-state index contributed by atoms with van der Waals surface area (Å²) in [5, 5.41) is 28.7. The van der Waals surface area contributed by atoms with E-state index in [0.29, 0.717) is 0 Å². The molecule has 9 nitrogen and oxygen atoms in total. The van der Waals surface area contributed by atoms with E-state index in [1.54, 1.807) is 0 Å². The average molecular weight is 346 g/mol. The van der Waals surface area contributed by atoms with E-state index >= 15 is 0 Å². The van der Waals surface area contributed by atoms with Gasteiger partial charge in [-0.1, -0.05) is 6.08 Å². The molecule has 0 spiro atoms. The van der Waals surface area contributed by atoms with Crippen LogP contribution in [0.25, 0.3) is 0 Å². The van der Waals surface area contributed by atoms with Gasteiger partial charge in [0.2, 0.25) is 0 Å². The maximum Gasteiger partial charge on any atom is 0.340 e. The molecule has 0 aliphatic rings. The number of rotatable bonds is 8. The summed E-state index contributed by atoms with van der Waals surface area (Å²) in [7, 11) is -9.29. The Balaban J connectivity index is 4.82. The fourth-order valence-corrected chi connectivity index (χ4v) is 3.86. The second kappa shape index (κ2) is 8.22. The maximum absolute atomic E-state index is 11.4. The summed E-state index contributed by atoms with van der Waals surface area (Å²) in [5.41, 5.74) is -0.0316. The Labute approximate surface area is 121 Å². The quantitative estimate of drug-likeness (QED) is 0.208. The van der Waals surface area contributed by atoms with E-state index in [1.807, 2.05) is 0 Å². The minimum Gasteiger partial charge on any atom is -0.510 e. The van der Waals surface area contributed by atoms with E-state index in [9.17, 15) is 29.3 Å². The van der Waals surface area contributed by atoms with Crippen molar-refractivity contribution in [2.75, 3.05) is 12.5 Å². The summed E-state index contributed by atoms with van der Waals surface area (Å²) < 4.78 is 26.6. The Morgan fingerprint density at radius 3 is 2.00 bits per heavy atom. The van der Waals surface area contributed by atoms with Crippen LogP contribution in [0.2, 0.25) is 0 Å². The van der Waals surface area contributed by atoms with Crippen LogP contribution in [-0.4, -0.2) is 54.7 Å². The fraction of sp³-hybridized carbons (Fsp3) is 0.600. The van der Waals surface area contributed by atoms with Gasteiger partial charge in [0, 0.05) is 0 Å². The lowest BCUT2D eigenvalue weighted by molar-refractivity contribution is 0.0337. The molecule has 0 rings (SSSR count). The normalized spacial score (nSPS) is 20.0. The molecule has 0 bridgehead atoms. The van der Waals surface area contributed by atoms with Crippen molar-refractivity contribution < 1.29 is 43.7 Å². The molecule has 0 heterocycles. The number of aliphatic hydroxyl groups excluding tert-OH is 3. The summed E-state index contributed by atoms with van der Waals surface area (Å²) in [6.07, 6.45) is -0.799. The molecule has 0 amide bonds. The Morgan fingerprint density at radius 2 is 1.62 bits per heavy atom. The van der Waals surface area contributed by atoms with E-state index in [4.69, 9.17) is 9.79 Å². The van der Waals surface area contributed by atoms with Crippen LogP contribution >= 0.6 is 15.2 Å². The fourth-order valence-electron chi connectivity index (χ4n) is 1.32. The second-order valence-electron chi connectivity index (χ2n) is 4.18. The molecule has 0 aliphatic heterocycles. The number of hydrogen-bond donors (Lipinski definition) is 6. The minimum atomic E-state index is -4.74. The molecule has 11 heteroatoms. The molecule has 3 atom stereocenters. The highest BCUT2D eigenvalue weighted by Gasteiger charge is 2.32. The van der Waals surface area contributed by atoms with Crippen LogP contribution in [-0.2, 0) is 13.7 Å². The maximum atomic E-state index is 11.4. The Morgan fingerprint density at radius 1 is 1.10 bits per heavy atom. The summed E-state index contributed by atoms with van der Waals surface area (Å²) in [4.78, 5) is 26.5. The van der Waals surface area contributed by atoms with Crippen molar-refractivity contribution in [2.24, 2.45) is 0 Å². The van der Waals surface area contributed by atoms with Gasteiger partial charge in [-0.15, -0.1) is 0 Å². The third kappa shape index (κ3) is 7.90. The van der Waals surface area contributed by atoms with Gasteiger partial charge in [0.25, 0.3) is 0 Å². The van der Waals surface area contributed by atoms with Gasteiger partial charge in [0.05, 0.1) is 6.61 Å². The molecule has 0 aromatic carbocycles. The topological polar surface area (TPSA) is 165 Å². The smallest absolute Gasteiger partial charge is 0.340 e. The molecule has 21 heavy (non-hydrogen) atoms. The molecule has 0 saturated heterocycles. The number of aliphatic hydroxyl groups is 3. The van der Waals surface area contributed by atoms with Crippen molar-refractivity contribution in [1.29, 1.82) is 0 Å². The highest BCUT2D eigenvalue weighted by atomic mass is 31.2. The summed E-state index contributed by atoms with van der Waals surface area (Å²) >= 11 is 0. The first-order chi connectivity index (χ1) is 9.43. The zero-order valence-corrected chi connectivity index (χ0v) is 13.3. The van der Waals surface area contributed by atoms with Crippen molar-refractivity contribution in [1.82, 2.24) is 0 Å². The van der Waals surface area contributed by atoms with E-state index in [-0.39, 0.29) is 5.57 Å². The van der Waals surface area contributed by atoms with Gasteiger partial charge in [-0.05, 0) is 25.5 Å². The van der Waals surface area contributed by atoms with Crippen LogP contribution < -0.4 is 0 Å². The lowest BCUT2D eigenvalue weighted by Gasteiger charge is -2.21. The molecule has 0 aromatic rings.